The number of anilines is 1. The van der Waals surface area contributed by atoms with E-state index < -0.39 is 27.1 Å². The first kappa shape index (κ1) is 17.2. The highest BCUT2D eigenvalue weighted by molar-refractivity contribution is 9.10. The van der Waals surface area contributed by atoms with Crippen LogP contribution < -0.4 is 10.3 Å². The minimum Gasteiger partial charge on any atom is -0.388 e. The molecule has 4 N–H and O–H groups in total. The lowest BCUT2D eigenvalue weighted by atomic mass is 10.0. The molecule has 3 rings (SSSR count). The van der Waals surface area contributed by atoms with Gasteiger partial charge in [0.15, 0.2) is 5.82 Å². The third kappa shape index (κ3) is 2.91. The van der Waals surface area contributed by atoms with Gasteiger partial charge in [-0.15, -0.1) is 10.4 Å². The Morgan fingerprint density at radius 2 is 1.96 bits per heavy atom. The van der Waals surface area contributed by atoms with Crippen molar-refractivity contribution in [1.82, 2.24) is 4.92 Å². The van der Waals surface area contributed by atoms with Gasteiger partial charge >= 0.3 is 0 Å². The number of aryl methyl sites for hydroxylation is 1. The fraction of sp³-hybridized carbons (Fsp3) is 0.250. The van der Waals surface area contributed by atoms with Gasteiger partial charge in [0.25, 0.3) is 0 Å². The van der Waals surface area contributed by atoms with Gasteiger partial charge in [-0.3, -0.25) is 0 Å². The molecule has 2 aromatic rings. The van der Waals surface area contributed by atoms with Gasteiger partial charge in [0.1, 0.15) is 11.5 Å². The Labute approximate surface area is 145 Å². The number of aliphatic hydroxyl groups excluding tert-OH is 1. The second-order valence-corrected chi connectivity index (χ2v) is 6.64. The van der Waals surface area contributed by atoms with E-state index in [1.165, 1.54) is 0 Å². The SMILES string of the molecule is Cc1cc2c(c([N+](O)(O)Nc3ccc(F)c(Br)c3F)c1)CCC2O. The Kier molecular flexibility index (Phi) is 4.35. The second-order valence-electron chi connectivity index (χ2n) is 5.84. The molecule has 0 spiro atoms. The van der Waals surface area contributed by atoms with Crippen LogP contribution in [0.25, 0.3) is 0 Å². The molecule has 1 unspecified atom stereocenters. The molecular weight excluding hydrogens is 386 g/mol. The van der Waals surface area contributed by atoms with Crippen molar-refractivity contribution in [2.75, 3.05) is 5.43 Å². The number of halogens is 3. The van der Waals surface area contributed by atoms with E-state index in [1.54, 1.807) is 19.1 Å². The summed E-state index contributed by atoms with van der Waals surface area (Å²) in [7, 11) is 0. The summed E-state index contributed by atoms with van der Waals surface area (Å²) in [6, 6.07) is 5.39. The number of rotatable bonds is 3. The quantitative estimate of drug-likeness (QED) is 0.354. The van der Waals surface area contributed by atoms with Gasteiger partial charge in [-0.05, 0) is 59.0 Å². The molecule has 0 heterocycles. The number of hydrogen-bond acceptors (Lipinski definition) is 4. The largest absolute Gasteiger partial charge is 0.388 e. The molecular formula is C16H16BrF2N2O3+. The van der Waals surface area contributed by atoms with Gasteiger partial charge < -0.3 is 5.11 Å². The summed E-state index contributed by atoms with van der Waals surface area (Å²) in [4.78, 5) is -1.81. The van der Waals surface area contributed by atoms with E-state index in [4.69, 9.17) is 0 Å². The molecule has 1 aliphatic carbocycles. The van der Waals surface area contributed by atoms with Crippen LogP contribution in [0.1, 0.15) is 29.2 Å². The third-order valence-corrected chi connectivity index (χ3v) is 4.81. The van der Waals surface area contributed by atoms with Crippen molar-refractivity contribution in [3.05, 3.63) is 57.1 Å². The molecule has 0 saturated heterocycles. The lowest BCUT2D eigenvalue weighted by Gasteiger charge is -2.24. The molecule has 0 aromatic heterocycles. The van der Waals surface area contributed by atoms with Crippen LogP contribution in [-0.4, -0.2) is 15.5 Å². The Morgan fingerprint density at radius 1 is 1.25 bits per heavy atom. The Morgan fingerprint density at radius 3 is 2.67 bits per heavy atom. The Hall–Kier alpha value is -1.58. The Balaban J connectivity index is 2.04. The lowest BCUT2D eigenvalue weighted by Crippen LogP contribution is -2.48. The van der Waals surface area contributed by atoms with Gasteiger partial charge in [0.2, 0.25) is 5.69 Å². The highest BCUT2D eigenvalue weighted by Gasteiger charge is 2.37. The van der Waals surface area contributed by atoms with Gasteiger partial charge in [0.05, 0.1) is 15.5 Å². The van der Waals surface area contributed by atoms with E-state index in [-0.39, 0.29) is 11.4 Å². The molecule has 2 aromatic carbocycles. The zero-order chi connectivity index (χ0) is 17.6. The summed E-state index contributed by atoms with van der Waals surface area (Å²) in [5, 5.41) is 30.8. The van der Waals surface area contributed by atoms with Gasteiger partial charge in [-0.2, -0.15) is 5.43 Å². The maximum absolute atomic E-state index is 14.1. The van der Waals surface area contributed by atoms with Crippen molar-refractivity contribution in [2.24, 2.45) is 0 Å². The molecule has 1 atom stereocenters. The molecule has 0 fully saturated rings. The van der Waals surface area contributed by atoms with Crippen LogP contribution in [0.4, 0.5) is 20.2 Å². The van der Waals surface area contributed by atoms with Gasteiger partial charge in [-0.1, -0.05) is 6.07 Å². The summed E-state index contributed by atoms with van der Waals surface area (Å²) in [6.45, 7) is 1.75. The van der Waals surface area contributed by atoms with Crippen LogP contribution in [-0.2, 0) is 6.42 Å². The van der Waals surface area contributed by atoms with Crippen LogP contribution in [0.2, 0.25) is 0 Å². The maximum Gasteiger partial charge on any atom is 0.231 e. The van der Waals surface area contributed by atoms with Crippen molar-refractivity contribution in [2.45, 2.75) is 25.9 Å². The number of fused-ring (bicyclic) bond motifs is 1. The molecule has 0 bridgehead atoms. The Bertz CT molecular complexity index is 814. The zero-order valence-corrected chi connectivity index (χ0v) is 14.3. The summed E-state index contributed by atoms with van der Waals surface area (Å²) >= 11 is 2.77. The number of aliphatic hydroxyl groups is 1. The van der Waals surface area contributed by atoms with E-state index in [9.17, 15) is 24.3 Å². The standard InChI is InChI=1S/C16H16BrF2N2O3/c1-8-6-10-9(2-5-14(10)22)13(7-8)21(23,24)20-12-4-3-11(18)15(17)16(12)19/h3-4,6-7,14,20,22-24H,2,5H2,1H3/q+1. The van der Waals surface area contributed by atoms with Gasteiger partial charge in [0, 0.05) is 11.6 Å². The second kappa shape index (κ2) is 6.05. The van der Waals surface area contributed by atoms with Crippen LogP contribution in [0.3, 0.4) is 0 Å². The average molecular weight is 402 g/mol. The smallest absolute Gasteiger partial charge is 0.231 e. The van der Waals surface area contributed by atoms with Crippen molar-refractivity contribution >= 4 is 27.3 Å². The molecule has 128 valence electrons. The van der Waals surface area contributed by atoms with Crippen LogP contribution in [0, 0.1) is 18.6 Å². The maximum atomic E-state index is 14.1. The molecule has 1 aliphatic rings. The third-order valence-electron chi connectivity index (χ3n) is 4.08. The lowest BCUT2D eigenvalue weighted by molar-refractivity contribution is -0.273. The van der Waals surface area contributed by atoms with E-state index in [2.05, 4.69) is 21.4 Å². The summed E-state index contributed by atoms with van der Waals surface area (Å²) in [5.41, 5.74) is 3.97. The van der Waals surface area contributed by atoms with Crippen molar-refractivity contribution in [1.29, 1.82) is 0 Å². The summed E-state index contributed by atoms with van der Waals surface area (Å²) in [5.74, 6) is -1.78. The predicted molar refractivity (Wildman–Crippen MR) is 87.5 cm³/mol. The number of nitrogens with one attached hydrogen (secondary N) is 1. The monoisotopic (exact) mass is 401 g/mol. The normalized spacial score (nSPS) is 17.0. The molecule has 24 heavy (non-hydrogen) atoms. The first-order chi connectivity index (χ1) is 11.2. The van der Waals surface area contributed by atoms with Crippen LogP contribution in [0.15, 0.2) is 28.7 Å². The number of nitrogens with zero attached hydrogens (tertiary/aromatic N) is 1. The van der Waals surface area contributed by atoms with Crippen LogP contribution >= 0.6 is 15.9 Å². The summed E-state index contributed by atoms with van der Waals surface area (Å²) < 4.78 is 27.0. The predicted octanol–water partition coefficient (Wildman–Crippen LogP) is 4.13. The summed E-state index contributed by atoms with van der Waals surface area (Å²) in [6.07, 6.45) is 0.266. The average Bonchev–Trinajstić information content (AvgIpc) is 2.88. The van der Waals surface area contributed by atoms with Crippen molar-refractivity contribution in [3.63, 3.8) is 0 Å². The number of hydrogen-bond donors (Lipinski definition) is 4. The molecule has 5 nitrogen and oxygen atoms in total. The number of quaternary nitrogens is 1. The molecule has 0 aliphatic heterocycles. The fourth-order valence-corrected chi connectivity index (χ4v) is 3.30. The topological polar surface area (TPSA) is 72.7 Å². The van der Waals surface area contributed by atoms with E-state index in [0.717, 1.165) is 17.7 Å². The molecule has 8 heteroatoms. The fourth-order valence-electron chi connectivity index (χ4n) is 2.95. The molecule has 0 amide bonds. The highest BCUT2D eigenvalue weighted by atomic mass is 79.9. The number of benzene rings is 2. The molecule has 0 radical (unpaired) electrons. The van der Waals surface area contributed by atoms with Gasteiger partial charge in [-0.25, -0.2) is 8.78 Å². The minimum absolute atomic E-state index is 0.0846. The first-order valence-electron chi connectivity index (χ1n) is 7.29. The zero-order valence-electron chi connectivity index (χ0n) is 12.7. The highest BCUT2D eigenvalue weighted by Crippen LogP contribution is 2.40. The van der Waals surface area contributed by atoms with E-state index in [0.29, 0.717) is 24.0 Å². The van der Waals surface area contributed by atoms with Crippen molar-refractivity contribution in [3.8, 4) is 0 Å². The van der Waals surface area contributed by atoms with Crippen LogP contribution in [0.5, 0.6) is 0 Å². The first-order valence-corrected chi connectivity index (χ1v) is 8.08. The van der Waals surface area contributed by atoms with Crippen molar-refractivity contribution < 1.29 is 24.3 Å². The minimum atomic E-state index is -1.81. The van der Waals surface area contributed by atoms with E-state index >= 15 is 0 Å². The molecule has 0 saturated carbocycles. The van der Waals surface area contributed by atoms with E-state index in [1.807, 2.05) is 0 Å².